The van der Waals surface area contributed by atoms with Crippen LogP contribution in [0.25, 0.3) is 0 Å². The van der Waals surface area contributed by atoms with Gasteiger partial charge in [-0.3, -0.25) is 9.79 Å². The average Bonchev–Trinajstić information content (AvgIpc) is 2.80. The fraction of sp³-hybridized carbons (Fsp3) is 0.615. The Kier molecular flexibility index (Phi) is 7.00. The molecule has 1 aromatic rings. The highest BCUT2D eigenvalue weighted by atomic mass is 32.1. The van der Waals surface area contributed by atoms with Crippen LogP contribution in [-0.2, 0) is 0 Å². The first-order valence-corrected chi connectivity index (χ1v) is 7.65. The molecule has 0 saturated carbocycles. The van der Waals surface area contributed by atoms with Crippen LogP contribution >= 0.6 is 11.3 Å². The molecular formula is C13H23N5OS. The number of guanidine groups is 1. The lowest BCUT2D eigenvalue weighted by molar-refractivity contribution is 0.0958. The molecule has 1 aromatic heterocycles. The summed E-state index contributed by atoms with van der Waals surface area (Å²) in [5.41, 5.74) is 2.45. The van der Waals surface area contributed by atoms with Gasteiger partial charge < -0.3 is 16.0 Å². The molecule has 20 heavy (non-hydrogen) atoms. The van der Waals surface area contributed by atoms with Crippen molar-refractivity contribution < 1.29 is 4.79 Å². The van der Waals surface area contributed by atoms with Gasteiger partial charge in [0, 0.05) is 19.1 Å². The maximum absolute atomic E-state index is 11.9. The standard InChI is InChI=1S/C13H23N5OS/c1-5-14-13(18-9(2)3)16-7-6-15-12(19)11-10(4)17-8-20-11/h8-9H,5-7H2,1-4H3,(H,15,19)(H2,14,16,18). The minimum absolute atomic E-state index is 0.0815. The SMILES string of the molecule is CCNC(=NCCNC(=O)c1scnc1C)NC(C)C. The van der Waals surface area contributed by atoms with Gasteiger partial charge in [0.05, 0.1) is 17.7 Å². The van der Waals surface area contributed by atoms with Gasteiger partial charge in [-0.15, -0.1) is 11.3 Å². The zero-order chi connectivity index (χ0) is 15.0. The lowest BCUT2D eigenvalue weighted by Gasteiger charge is -2.13. The molecular weight excluding hydrogens is 274 g/mol. The first-order chi connectivity index (χ1) is 9.54. The second kappa shape index (κ2) is 8.52. The first-order valence-electron chi connectivity index (χ1n) is 6.77. The van der Waals surface area contributed by atoms with Gasteiger partial charge in [-0.05, 0) is 27.7 Å². The molecule has 7 heteroatoms. The highest BCUT2D eigenvalue weighted by Gasteiger charge is 2.10. The number of hydrogen-bond donors (Lipinski definition) is 3. The van der Waals surface area contributed by atoms with Crippen LogP contribution in [0.1, 0.15) is 36.1 Å². The summed E-state index contributed by atoms with van der Waals surface area (Å²) in [6, 6.07) is 0.322. The summed E-state index contributed by atoms with van der Waals surface area (Å²) >= 11 is 1.35. The summed E-state index contributed by atoms with van der Waals surface area (Å²) in [4.78, 5) is 21.0. The predicted octanol–water partition coefficient (Wildman–Crippen LogP) is 1.14. The Labute approximate surface area is 124 Å². The third-order valence-electron chi connectivity index (χ3n) is 2.39. The third-order valence-corrected chi connectivity index (χ3v) is 3.32. The molecule has 0 aliphatic carbocycles. The Hall–Kier alpha value is -1.63. The van der Waals surface area contributed by atoms with E-state index in [0.29, 0.717) is 24.0 Å². The molecule has 0 spiro atoms. The maximum Gasteiger partial charge on any atom is 0.263 e. The van der Waals surface area contributed by atoms with Crippen LogP contribution < -0.4 is 16.0 Å². The van der Waals surface area contributed by atoms with Gasteiger partial charge in [-0.25, -0.2) is 4.98 Å². The van der Waals surface area contributed by atoms with Gasteiger partial charge in [0.1, 0.15) is 4.88 Å². The number of carbonyl (C=O) groups excluding carboxylic acids is 1. The monoisotopic (exact) mass is 297 g/mol. The fourth-order valence-electron chi connectivity index (χ4n) is 1.53. The maximum atomic E-state index is 11.9. The van der Waals surface area contributed by atoms with Gasteiger partial charge in [0.15, 0.2) is 5.96 Å². The van der Waals surface area contributed by atoms with E-state index in [9.17, 15) is 4.79 Å². The smallest absolute Gasteiger partial charge is 0.263 e. The van der Waals surface area contributed by atoms with Gasteiger partial charge >= 0.3 is 0 Å². The van der Waals surface area contributed by atoms with Crippen LogP contribution in [0, 0.1) is 6.92 Å². The summed E-state index contributed by atoms with van der Waals surface area (Å²) in [6.07, 6.45) is 0. The van der Waals surface area contributed by atoms with E-state index in [2.05, 4.69) is 39.8 Å². The van der Waals surface area contributed by atoms with E-state index in [1.165, 1.54) is 11.3 Å². The molecule has 3 N–H and O–H groups in total. The molecule has 1 rings (SSSR count). The fourth-order valence-corrected chi connectivity index (χ4v) is 2.25. The minimum atomic E-state index is -0.0815. The highest BCUT2D eigenvalue weighted by Crippen LogP contribution is 2.11. The molecule has 6 nitrogen and oxygen atoms in total. The number of aryl methyl sites for hydroxylation is 1. The zero-order valence-electron chi connectivity index (χ0n) is 12.5. The first kappa shape index (κ1) is 16.4. The number of aromatic nitrogens is 1. The van der Waals surface area contributed by atoms with Crippen LogP contribution in [0.4, 0.5) is 0 Å². The molecule has 1 amide bonds. The largest absolute Gasteiger partial charge is 0.357 e. The van der Waals surface area contributed by atoms with Crippen molar-refractivity contribution in [2.24, 2.45) is 4.99 Å². The van der Waals surface area contributed by atoms with Crippen LogP contribution in [0.2, 0.25) is 0 Å². The zero-order valence-corrected chi connectivity index (χ0v) is 13.3. The topological polar surface area (TPSA) is 78.4 Å². The molecule has 0 radical (unpaired) electrons. The van der Waals surface area contributed by atoms with Gasteiger partial charge in [0.25, 0.3) is 5.91 Å². The Balaban J connectivity index is 2.39. The number of nitrogens with zero attached hydrogens (tertiary/aromatic N) is 2. The number of aliphatic imine (C=N–C) groups is 1. The molecule has 0 unspecified atom stereocenters. The molecule has 0 aromatic carbocycles. The summed E-state index contributed by atoms with van der Waals surface area (Å²) in [5.74, 6) is 0.688. The van der Waals surface area contributed by atoms with Gasteiger partial charge in [-0.2, -0.15) is 0 Å². The molecule has 0 aliphatic heterocycles. The lowest BCUT2D eigenvalue weighted by Crippen LogP contribution is -2.41. The van der Waals surface area contributed by atoms with E-state index in [1.54, 1.807) is 5.51 Å². The third kappa shape index (κ3) is 5.56. The van der Waals surface area contributed by atoms with Crippen molar-refractivity contribution >= 4 is 23.2 Å². The van der Waals surface area contributed by atoms with Crippen LogP contribution in [0.5, 0.6) is 0 Å². The Morgan fingerprint density at radius 3 is 2.75 bits per heavy atom. The predicted molar refractivity (Wildman–Crippen MR) is 83.4 cm³/mol. The Morgan fingerprint density at radius 2 is 2.20 bits per heavy atom. The van der Waals surface area contributed by atoms with Crippen molar-refractivity contribution in [3.05, 3.63) is 16.1 Å². The second-order valence-corrected chi connectivity index (χ2v) is 5.44. The van der Waals surface area contributed by atoms with Crippen molar-refractivity contribution in [3.8, 4) is 0 Å². The molecule has 1 heterocycles. The molecule has 0 saturated heterocycles. The van der Waals surface area contributed by atoms with E-state index in [4.69, 9.17) is 0 Å². The van der Waals surface area contributed by atoms with E-state index in [-0.39, 0.29) is 5.91 Å². The van der Waals surface area contributed by atoms with E-state index >= 15 is 0 Å². The van der Waals surface area contributed by atoms with Gasteiger partial charge in [0.2, 0.25) is 0 Å². The molecule has 0 bridgehead atoms. The van der Waals surface area contributed by atoms with Crippen LogP contribution in [0.3, 0.4) is 0 Å². The van der Waals surface area contributed by atoms with Gasteiger partial charge in [-0.1, -0.05) is 0 Å². The summed E-state index contributed by atoms with van der Waals surface area (Å²) in [7, 11) is 0. The average molecular weight is 297 g/mol. The van der Waals surface area contributed by atoms with Crippen molar-refractivity contribution in [2.45, 2.75) is 33.7 Å². The van der Waals surface area contributed by atoms with Crippen molar-refractivity contribution in [3.63, 3.8) is 0 Å². The van der Waals surface area contributed by atoms with E-state index in [0.717, 1.165) is 18.2 Å². The van der Waals surface area contributed by atoms with Crippen molar-refractivity contribution in [2.75, 3.05) is 19.6 Å². The minimum Gasteiger partial charge on any atom is -0.357 e. The number of carbonyl (C=O) groups is 1. The normalized spacial score (nSPS) is 11.6. The summed E-state index contributed by atoms with van der Waals surface area (Å²) < 4.78 is 0. The molecule has 112 valence electrons. The summed E-state index contributed by atoms with van der Waals surface area (Å²) in [6.45, 7) is 9.81. The number of amides is 1. The Bertz CT molecular complexity index is 455. The highest BCUT2D eigenvalue weighted by molar-refractivity contribution is 7.11. The van der Waals surface area contributed by atoms with E-state index < -0.39 is 0 Å². The van der Waals surface area contributed by atoms with Crippen LogP contribution in [-0.4, -0.2) is 42.5 Å². The van der Waals surface area contributed by atoms with E-state index in [1.807, 2.05) is 13.8 Å². The number of nitrogens with one attached hydrogen (secondary N) is 3. The summed E-state index contributed by atoms with van der Waals surface area (Å²) in [5, 5.41) is 9.23. The molecule has 0 fully saturated rings. The van der Waals surface area contributed by atoms with Crippen molar-refractivity contribution in [1.29, 1.82) is 0 Å². The van der Waals surface area contributed by atoms with Crippen molar-refractivity contribution in [1.82, 2.24) is 20.9 Å². The van der Waals surface area contributed by atoms with Crippen LogP contribution in [0.15, 0.2) is 10.5 Å². The number of rotatable bonds is 6. The quantitative estimate of drug-likeness (QED) is 0.418. The molecule has 0 aliphatic rings. The number of thiazole rings is 1. The Morgan fingerprint density at radius 1 is 1.45 bits per heavy atom. The second-order valence-electron chi connectivity index (χ2n) is 4.58. The lowest BCUT2D eigenvalue weighted by atomic mass is 10.4. The number of hydrogen-bond acceptors (Lipinski definition) is 4. The molecule has 0 atom stereocenters.